The van der Waals surface area contributed by atoms with Crippen LogP contribution in [0.5, 0.6) is 0 Å². The molecule has 1 saturated carbocycles. The Morgan fingerprint density at radius 3 is 3.06 bits per heavy atom. The maximum absolute atomic E-state index is 4.40. The maximum atomic E-state index is 4.40. The first-order valence-corrected chi connectivity index (χ1v) is 7.35. The van der Waals surface area contributed by atoms with Crippen LogP contribution in [0.25, 0.3) is 0 Å². The quantitative estimate of drug-likeness (QED) is 0.801. The third kappa shape index (κ3) is 2.93. The molecule has 100 valence electrons. The second kappa shape index (κ2) is 5.85. The number of fused-ring (bicyclic) bond motifs is 1. The van der Waals surface area contributed by atoms with Crippen LogP contribution in [-0.4, -0.2) is 40.6 Å². The number of hydrogen-bond acceptors (Lipinski definition) is 3. The minimum Gasteiger partial charge on any atom is -0.333 e. The first kappa shape index (κ1) is 12.2. The highest BCUT2D eigenvalue weighted by molar-refractivity contribution is 4.95. The number of aromatic nitrogens is 2. The van der Waals surface area contributed by atoms with Crippen LogP contribution in [0.2, 0.25) is 0 Å². The van der Waals surface area contributed by atoms with Gasteiger partial charge in [0, 0.05) is 38.6 Å². The Bertz CT molecular complexity index is 368. The minimum atomic E-state index is 0.949. The number of nitrogens with zero attached hydrogens (tertiary/aromatic N) is 3. The maximum Gasteiger partial charge on any atom is 0.122 e. The second-order valence-electron chi connectivity index (χ2n) is 5.67. The zero-order valence-corrected chi connectivity index (χ0v) is 11.1. The van der Waals surface area contributed by atoms with Crippen LogP contribution in [0.15, 0.2) is 12.4 Å². The Hall–Kier alpha value is -0.870. The van der Waals surface area contributed by atoms with Gasteiger partial charge in [0.1, 0.15) is 5.82 Å². The minimum absolute atomic E-state index is 0.949. The van der Waals surface area contributed by atoms with Crippen molar-refractivity contribution in [1.29, 1.82) is 0 Å². The van der Waals surface area contributed by atoms with E-state index < -0.39 is 0 Å². The van der Waals surface area contributed by atoms with E-state index in [0.29, 0.717) is 0 Å². The van der Waals surface area contributed by atoms with Crippen LogP contribution in [0.3, 0.4) is 0 Å². The summed E-state index contributed by atoms with van der Waals surface area (Å²) in [5, 5.41) is 3.62. The lowest BCUT2D eigenvalue weighted by atomic mass is 10.1. The molecule has 1 aliphatic carbocycles. The number of hydrogen-bond donors (Lipinski definition) is 1. The summed E-state index contributed by atoms with van der Waals surface area (Å²) >= 11 is 0. The van der Waals surface area contributed by atoms with E-state index in [2.05, 4.69) is 26.0 Å². The van der Waals surface area contributed by atoms with Gasteiger partial charge in [-0.05, 0) is 25.3 Å². The number of rotatable bonds is 5. The Kier molecular flexibility index (Phi) is 3.96. The van der Waals surface area contributed by atoms with E-state index in [1.54, 1.807) is 0 Å². The van der Waals surface area contributed by atoms with Crippen molar-refractivity contribution in [3.05, 3.63) is 18.2 Å². The van der Waals surface area contributed by atoms with Gasteiger partial charge in [0.2, 0.25) is 0 Å². The van der Waals surface area contributed by atoms with Crippen molar-refractivity contribution in [3.8, 4) is 0 Å². The highest BCUT2D eigenvalue weighted by Gasteiger charge is 2.17. The first-order valence-electron chi connectivity index (χ1n) is 7.35. The predicted octanol–water partition coefficient (Wildman–Crippen LogP) is 1.48. The Morgan fingerprint density at radius 2 is 2.17 bits per heavy atom. The molecule has 0 radical (unpaired) electrons. The molecule has 4 heteroatoms. The van der Waals surface area contributed by atoms with E-state index in [0.717, 1.165) is 38.6 Å². The first-order chi connectivity index (χ1) is 8.92. The second-order valence-corrected chi connectivity index (χ2v) is 5.67. The molecule has 0 unspecified atom stereocenters. The zero-order chi connectivity index (χ0) is 12.2. The molecule has 1 N–H and O–H groups in total. The standard InChI is InChI=1S/C14H24N4/c1-2-4-13(3-1)11-15-5-7-17-9-10-18-8-6-16-14(18)12-17/h6,8,13,15H,1-5,7,9-12H2. The summed E-state index contributed by atoms with van der Waals surface area (Å²) in [5.41, 5.74) is 0. The van der Waals surface area contributed by atoms with E-state index in [-0.39, 0.29) is 0 Å². The predicted molar refractivity (Wildman–Crippen MR) is 72.3 cm³/mol. The van der Waals surface area contributed by atoms with Gasteiger partial charge in [-0.3, -0.25) is 4.90 Å². The fourth-order valence-electron chi connectivity index (χ4n) is 3.17. The average Bonchev–Trinajstić information content (AvgIpc) is 3.05. The molecule has 0 spiro atoms. The molecule has 0 bridgehead atoms. The summed E-state index contributed by atoms with van der Waals surface area (Å²) in [4.78, 5) is 6.90. The molecular formula is C14H24N4. The van der Waals surface area contributed by atoms with Gasteiger partial charge in [-0.15, -0.1) is 0 Å². The fraction of sp³-hybridized carbons (Fsp3) is 0.786. The normalized spacial score (nSPS) is 21.3. The lowest BCUT2D eigenvalue weighted by Crippen LogP contribution is -2.38. The van der Waals surface area contributed by atoms with Gasteiger partial charge in [-0.1, -0.05) is 12.8 Å². The molecule has 1 aliphatic heterocycles. The van der Waals surface area contributed by atoms with Gasteiger partial charge in [0.15, 0.2) is 0 Å². The lowest BCUT2D eigenvalue weighted by molar-refractivity contribution is 0.216. The highest BCUT2D eigenvalue weighted by atomic mass is 15.2. The number of nitrogens with one attached hydrogen (secondary N) is 1. The summed E-state index contributed by atoms with van der Waals surface area (Å²) in [7, 11) is 0. The van der Waals surface area contributed by atoms with Crippen LogP contribution < -0.4 is 5.32 Å². The largest absolute Gasteiger partial charge is 0.333 e. The molecule has 1 aromatic heterocycles. The lowest BCUT2D eigenvalue weighted by Gasteiger charge is -2.27. The monoisotopic (exact) mass is 248 g/mol. The van der Waals surface area contributed by atoms with Crippen LogP contribution in [0, 0.1) is 5.92 Å². The fourth-order valence-corrected chi connectivity index (χ4v) is 3.17. The highest BCUT2D eigenvalue weighted by Crippen LogP contribution is 2.23. The molecule has 4 nitrogen and oxygen atoms in total. The molecule has 3 rings (SSSR count). The summed E-state index contributed by atoms with van der Waals surface area (Å²) in [5.74, 6) is 2.17. The summed E-state index contributed by atoms with van der Waals surface area (Å²) in [6, 6.07) is 0. The van der Waals surface area contributed by atoms with Gasteiger partial charge in [0.05, 0.1) is 6.54 Å². The Morgan fingerprint density at radius 1 is 1.28 bits per heavy atom. The van der Waals surface area contributed by atoms with E-state index in [1.165, 1.54) is 38.1 Å². The van der Waals surface area contributed by atoms with Crippen molar-refractivity contribution < 1.29 is 0 Å². The van der Waals surface area contributed by atoms with Crippen molar-refractivity contribution >= 4 is 0 Å². The summed E-state index contributed by atoms with van der Waals surface area (Å²) < 4.78 is 2.27. The topological polar surface area (TPSA) is 33.1 Å². The molecule has 2 aliphatic rings. The molecule has 0 amide bonds. The van der Waals surface area contributed by atoms with Crippen LogP contribution in [0.4, 0.5) is 0 Å². The van der Waals surface area contributed by atoms with Gasteiger partial charge in [0.25, 0.3) is 0 Å². The Labute approximate surface area is 109 Å². The SMILES string of the molecule is c1cn2c(n1)CN(CCNCC1CCCC1)CC2. The third-order valence-corrected chi connectivity index (χ3v) is 4.34. The van der Waals surface area contributed by atoms with Crippen LogP contribution in [0.1, 0.15) is 31.5 Å². The van der Waals surface area contributed by atoms with Crippen molar-refractivity contribution in [3.63, 3.8) is 0 Å². The average molecular weight is 248 g/mol. The van der Waals surface area contributed by atoms with Gasteiger partial charge in [-0.25, -0.2) is 4.98 Å². The summed E-state index contributed by atoms with van der Waals surface area (Å²) in [6.07, 6.45) is 9.77. The molecule has 1 aromatic rings. The molecular weight excluding hydrogens is 224 g/mol. The van der Waals surface area contributed by atoms with E-state index >= 15 is 0 Å². The molecule has 1 fully saturated rings. The molecule has 0 atom stereocenters. The van der Waals surface area contributed by atoms with Crippen molar-refractivity contribution in [2.45, 2.75) is 38.8 Å². The van der Waals surface area contributed by atoms with Crippen LogP contribution in [-0.2, 0) is 13.1 Å². The van der Waals surface area contributed by atoms with Gasteiger partial charge in [-0.2, -0.15) is 0 Å². The molecule has 18 heavy (non-hydrogen) atoms. The zero-order valence-electron chi connectivity index (χ0n) is 11.1. The smallest absolute Gasteiger partial charge is 0.122 e. The molecule has 0 saturated heterocycles. The van der Waals surface area contributed by atoms with Crippen molar-refractivity contribution in [2.24, 2.45) is 5.92 Å². The van der Waals surface area contributed by atoms with Crippen molar-refractivity contribution in [2.75, 3.05) is 26.2 Å². The van der Waals surface area contributed by atoms with Gasteiger partial charge < -0.3 is 9.88 Å². The number of imidazole rings is 1. The van der Waals surface area contributed by atoms with Crippen molar-refractivity contribution in [1.82, 2.24) is 19.8 Å². The summed E-state index contributed by atoms with van der Waals surface area (Å²) in [6.45, 7) is 6.77. The Balaban J connectivity index is 1.34. The molecule has 2 heterocycles. The van der Waals surface area contributed by atoms with E-state index in [4.69, 9.17) is 0 Å². The van der Waals surface area contributed by atoms with Gasteiger partial charge >= 0.3 is 0 Å². The van der Waals surface area contributed by atoms with E-state index in [1.807, 2.05) is 6.20 Å². The molecule has 0 aromatic carbocycles. The van der Waals surface area contributed by atoms with E-state index in [9.17, 15) is 0 Å². The van der Waals surface area contributed by atoms with Crippen LogP contribution >= 0.6 is 0 Å². The third-order valence-electron chi connectivity index (χ3n) is 4.34.